The first kappa shape index (κ1) is 12.1. The summed E-state index contributed by atoms with van der Waals surface area (Å²) in [4.78, 5) is 15.4. The van der Waals surface area contributed by atoms with Crippen molar-refractivity contribution >= 4 is 5.97 Å². The molecule has 0 fully saturated rings. The fourth-order valence-electron chi connectivity index (χ4n) is 2.34. The van der Waals surface area contributed by atoms with Gasteiger partial charge in [-0.05, 0) is 31.7 Å². The third-order valence-corrected chi connectivity index (χ3v) is 3.33. The van der Waals surface area contributed by atoms with Gasteiger partial charge in [0.1, 0.15) is 5.82 Å². The molecule has 1 unspecified atom stereocenters. The second kappa shape index (κ2) is 4.87. The van der Waals surface area contributed by atoms with Crippen molar-refractivity contribution in [3.8, 4) is 0 Å². The summed E-state index contributed by atoms with van der Waals surface area (Å²) in [7, 11) is 0. The van der Waals surface area contributed by atoms with Crippen molar-refractivity contribution in [3.05, 3.63) is 17.2 Å². The lowest BCUT2D eigenvalue weighted by molar-refractivity contribution is 0.0689. The second-order valence-electron chi connectivity index (χ2n) is 4.78. The van der Waals surface area contributed by atoms with Crippen LogP contribution < -0.4 is 5.73 Å². The summed E-state index contributed by atoms with van der Waals surface area (Å²) in [6.45, 7) is 3.55. The Balaban J connectivity index is 2.35. The normalized spacial score (nSPS) is 16.6. The molecule has 1 atom stereocenters. The number of nitrogens with zero attached hydrogens (tertiary/aromatic N) is 2. The lowest BCUT2D eigenvalue weighted by Gasteiger charge is -2.18. The Labute approximate surface area is 101 Å². The molecule has 94 valence electrons. The Morgan fingerprint density at radius 1 is 1.59 bits per heavy atom. The summed E-state index contributed by atoms with van der Waals surface area (Å²) in [5.74, 6) is 0.308. The maximum atomic E-state index is 11.1. The molecule has 1 aliphatic rings. The van der Waals surface area contributed by atoms with Crippen molar-refractivity contribution in [2.24, 2.45) is 11.7 Å². The molecule has 1 aromatic heterocycles. The predicted molar refractivity (Wildman–Crippen MR) is 64.0 cm³/mol. The first-order chi connectivity index (χ1) is 8.13. The highest BCUT2D eigenvalue weighted by molar-refractivity contribution is 5.86. The molecule has 17 heavy (non-hydrogen) atoms. The average Bonchev–Trinajstić information content (AvgIpc) is 2.68. The lowest BCUT2D eigenvalue weighted by atomic mass is 10.1. The fourth-order valence-corrected chi connectivity index (χ4v) is 2.34. The van der Waals surface area contributed by atoms with E-state index in [1.807, 2.05) is 0 Å². The second-order valence-corrected chi connectivity index (χ2v) is 4.78. The van der Waals surface area contributed by atoms with Crippen molar-refractivity contribution in [1.29, 1.82) is 0 Å². The average molecular weight is 237 g/mol. The Morgan fingerprint density at radius 2 is 2.35 bits per heavy atom. The van der Waals surface area contributed by atoms with Gasteiger partial charge < -0.3 is 15.4 Å². The quantitative estimate of drug-likeness (QED) is 0.820. The molecule has 2 heterocycles. The van der Waals surface area contributed by atoms with Crippen LogP contribution in [0.5, 0.6) is 0 Å². The number of carboxylic acids is 1. The Bertz CT molecular complexity index is 426. The lowest BCUT2D eigenvalue weighted by Crippen LogP contribution is -2.18. The van der Waals surface area contributed by atoms with E-state index in [1.54, 1.807) is 0 Å². The van der Waals surface area contributed by atoms with E-state index in [1.165, 1.54) is 0 Å². The van der Waals surface area contributed by atoms with Gasteiger partial charge >= 0.3 is 5.97 Å². The van der Waals surface area contributed by atoms with Crippen LogP contribution in [0.1, 0.15) is 41.8 Å². The van der Waals surface area contributed by atoms with Gasteiger partial charge in [0, 0.05) is 13.0 Å². The zero-order chi connectivity index (χ0) is 12.4. The summed E-state index contributed by atoms with van der Waals surface area (Å²) >= 11 is 0. The molecule has 0 saturated carbocycles. The predicted octanol–water partition coefficient (Wildman–Crippen LogP) is 1.05. The van der Waals surface area contributed by atoms with Gasteiger partial charge in [0.05, 0.1) is 5.69 Å². The van der Waals surface area contributed by atoms with Gasteiger partial charge in [-0.25, -0.2) is 9.78 Å². The maximum Gasteiger partial charge on any atom is 0.356 e. The van der Waals surface area contributed by atoms with Crippen molar-refractivity contribution in [1.82, 2.24) is 9.55 Å². The number of hydrogen-bond donors (Lipinski definition) is 2. The van der Waals surface area contributed by atoms with E-state index in [0.717, 1.165) is 43.7 Å². The summed E-state index contributed by atoms with van der Waals surface area (Å²) in [5, 5.41) is 9.14. The maximum absolute atomic E-state index is 11.1. The van der Waals surface area contributed by atoms with Crippen molar-refractivity contribution in [2.45, 2.75) is 39.2 Å². The molecule has 2 rings (SSSR count). The number of fused-ring (bicyclic) bond motifs is 1. The molecule has 5 heteroatoms. The molecular weight excluding hydrogens is 218 g/mol. The molecule has 0 radical (unpaired) electrons. The highest BCUT2D eigenvalue weighted by Gasteiger charge is 2.24. The van der Waals surface area contributed by atoms with Crippen LogP contribution in [0.3, 0.4) is 0 Å². The summed E-state index contributed by atoms with van der Waals surface area (Å²) in [6, 6.07) is 0. The molecule has 1 aliphatic heterocycles. The van der Waals surface area contributed by atoms with E-state index in [2.05, 4.69) is 16.5 Å². The van der Waals surface area contributed by atoms with Gasteiger partial charge in [-0.2, -0.15) is 0 Å². The number of carbonyl (C=O) groups is 1. The molecule has 5 nitrogen and oxygen atoms in total. The van der Waals surface area contributed by atoms with Gasteiger partial charge in [-0.15, -0.1) is 0 Å². The summed E-state index contributed by atoms with van der Waals surface area (Å²) in [6.07, 6.45) is 3.74. The largest absolute Gasteiger partial charge is 0.476 e. The van der Waals surface area contributed by atoms with Crippen LogP contribution >= 0.6 is 0 Å². The minimum atomic E-state index is -0.915. The Kier molecular flexibility index (Phi) is 3.47. The third-order valence-electron chi connectivity index (χ3n) is 3.33. The van der Waals surface area contributed by atoms with Gasteiger partial charge in [-0.1, -0.05) is 6.92 Å². The smallest absolute Gasteiger partial charge is 0.356 e. The van der Waals surface area contributed by atoms with E-state index < -0.39 is 5.97 Å². The van der Waals surface area contributed by atoms with E-state index in [4.69, 9.17) is 10.8 Å². The number of carboxylic acid groups (broad SMARTS) is 1. The van der Waals surface area contributed by atoms with Gasteiger partial charge in [0.15, 0.2) is 5.69 Å². The van der Waals surface area contributed by atoms with E-state index in [9.17, 15) is 4.79 Å². The zero-order valence-corrected chi connectivity index (χ0v) is 10.1. The molecule has 0 bridgehead atoms. The number of aromatic nitrogens is 2. The third kappa shape index (κ3) is 2.34. The zero-order valence-electron chi connectivity index (χ0n) is 10.1. The van der Waals surface area contributed by atoms with Crippen molar-refractivity contribution in [2.75, 3.05) is 6.54 Å². The standard InChI is InChI=1S/C12H19N3O2/c1-8(7-13)6-10-14-11(12(16)17)9-4-2-3-5-15(9)10/h8H,2-7,13H2,1H3,(H,16,17). The summed E-state index contributed by atoms with van der Waals surface area (Å²) in [5.41, 5.74) is 6.74. The molecule has 1 aromatic rings. The molecule has 0 spiro atoms. The molecule has 3 N–H and O–H groups in total. The van der Waals surface area contributed by atoms with Gasteiger partial charge in [-0.3, -0.25) is 0 Å². The monoisotopic (exact) mass is 237 g/mol. The minimum Gasteiger partial charge on any atom is -0.476 e. The van der Waals surface area contributed by atoms with Crippen LogP contribution in [-0.4, -0.2) is 27.2 Å². The van der Waals surface area contributed by atoms with Crippen molar-refractivity contribution in [3.63, 3.8) is 0 Å². The SMILES string of the molecule is CC(CN)Cc1nc(C(=O)O)c2n1CCCC2. The van der Waals surface area contributed by atoms with E-state index in [0.29, 0.717) is 12.5 Å². The van der Waals surface area contributed by atoms with Gasteiger partial charge in [0.25, 0.3) is 0 Å². The fraction of sp³-hybridized carbons (Fsp3) is 0.667. The number of aromatic carboxylic acids is 1. The molecule has 0 aromatic carbocycles. The van der Waals surface area contributed by atoms with Crippen LogP contribution in [0.15, 0.2) is 0 Å². The number of imidazole rings is 1. The molecular formula is C12H19N3O2. The summed E-state index contributed by atoms with van der Waals surface area (Å²) < 4.78 is 2.08. The van der Waals surface area contributed by atoms with Gasteiger partial charge in [0.2, 0.25) is 0 Å². The Morgan fingerprint density at radius 3 is 3.00 bits per heavy atom. The van der Waals surface area contributed by atoms with E-state index in [-0.39, 0.29) is 5.69 Å². The van der Waals surface area contributed by atoms with Crippen LogP contribution in [0.2, 0.25) is 0 Å². The number of rotatable bonds is 4. The highest BCUT2D eigenvalue weighted by atomic mass is 16.4. The molecule has 0 amide bonds. The first-order valence-electron chi connectivity index (χ1n) is 6.15. The van der Waals surface area contributed by atoms with Crippen molar-refractivity contribution < 1.29 is 9.90 Å². The number of hydrogen-bond acceptors (Lipinski definition) is 3. The minimum absolute atomic E-state index is 0.240. The Hall–Kier alpha value is -1.36. The molecule has 0 aliphatic carbocycles. The highest BCUT2D eigenvalue weighted by Crippen LogP contribution is 2.22. The topological polar surface area (TPSA) is 81.1 Å². The number of nitrogens with two attached hydrogens (primary N) is 1. The van der Waals surface area contributed by atoms with Crippen LogP contribution in [0.25, 0.3) is 0 Å². The van der Waals surface area contributed by atoms with Crippen LogP contribution in [0.4, 0.5) is 0 Å². The first-order valence-corrected chi connectivity index (χ1v) is 6.15. The van der Waals surface area contributed by atoms with E-state index >= 15 is 0 Å². The van der Waals surface area contributed by atoms with Crippen LogP contribution in [0, 0.1) is 5.92 Å². The molecule has 0 saturated heterocycles. The van der Waals surface area contributed by atoms with Crippen LogP contribution in [-0.2, 0) is 19.4 Å².